The van der Waals surface area contributed by atoms with Gasteiger partial charge in [0.25, 0.3) is 5.91 Å². The van der Waals surface area contributed by atoms with Gasteiger partial charge in [-0.1, -0.05) is 32.0 Å². The molecule has 0 bridgehead atoms. The molecule has 0 radical (unpaired) electrons. The highest BCUT2D eigenvalue weighted by Gasteiger charge is 2.10. The predicted molar refractivity (Wildman–Crippen MR) is 111 cm³/mol. The fraction of sp³-hybridized carbons (Fsp3) is 0.174. The van der Waals surface area contributed by atoms with Gasteiger partial charge in [-0.05, 0) is 72.5 Å². The largest absolute Gasteiger partial charge is 0.457 e. The van der Waals surface area contributed by atoms with Crippen LogP contribution >= 0.6 is 0 Å². The van der Waals surface area contributed by atoms with Gasteiger partial charge in [0.2, 0.25) is 0 Å². The van der Waals surface area contributed by atoms with Gasteiger partial charge in [0.1, 0.15) is 11.5 Å². The van der Waals surface area contributed by atoms with E-state index in [2.05, 4.69) is 31.3 Å². The number of amides is 1. The Morgan fingerprint density at radius 2 is 1.74 bits per heavy atom. The summed E-state index contributed by atoms with van der Waals surface area (Å²) < 4.78 is 6.08. The van der Waals surface area contributed by atoms with Crippen molar-refractivity contribution in [2.75, 3.05) is 11.1 Å². The molecule has 1 amide bonds. The Kier molecular flexibility index (Phi) is 5.46. The van der Waals surface area contributed by atoms with Gasteiger partial charge in [0.15, 0.2) is 0 Å². The summed E-state index contributed by atoms with van der Waals surface area (Å²) in [6.07, 6.45) is 0. The lowest BCUT2D eigenvalue weighted by molar-refractivity contribution is 0.102. The first-order chi connectivity index (χ1) is 12.9. The zero-order valence-electron chi connectivity index (χ0n) is 15.8. The maximum absolute atomic E-state index is 12.3. The molecule has 0 aromatic heterocycles. The maximum Gasteiger partial charge on any atom is 0.255 e. The molecule has 0 atom stereocenters. The van der Waals surface area contributed by atoms with Crippen molar-refractivity contribution in [1.29, 1.82) is 0 Å². The fourth-order valence-corrected chi connectivity index (χ4v) is 2.82. The van der Waals surface area contributed by atoms with Crippen LogP contribution in [0.2, 0.25) is 0 Å². The third kappa shape index (κ3) is 4.67. The zero-order valence-corrected chi connectivity index (χ0v) is 15.8. The third-order valence-corrected chi connectivity index (χ3v) is 4.28. The number of ether oxygens (including phenoxy) is 1. The van der Waals surface area contributed by atoms with Crippen molar-refractivity contribution in [2.24, 2.45) is 0 Å². The zero-order chi connectivity index (χ0) is 19.4. The van der Waals surface area contributed by atoms with E-state index in [9.17, 15) is 4.79 Å². The Hall–Kier alpha value is -3.27. The van der Waals surface area contributed by atoms with Crippen LogP contribution in [-0.2, 0) is 0 Å². The lowest BCUT2D eigenvalue weighted by atomic mass is 10.0. The molecule has 3 aromatic carbocycles. The second-order valence-electron chi connectivity index (χ2n) is 6.90. The molecule has 138 valence electrons. The summed E-state index contributed by atoms with van der Waals surface area (Å²) in [4.78, 5) is 12.3. The van der Waals surface area contributed by atoms with Crippen molar-refractivity contribution in [3.8, 4) is 11.5 Å². The van der Waals surface area contributed by atoms with Crippen LogP contribution in [0.1, 0.15) is 41.3 Å². The van der Waals surface area contributed by atoms with Crippen molar-refractivity contribution in [3.63, 3.8) is 0 Å². The molecule has 0 aliphatic heterocycles. The van der Waals surface area contributed by atoms with E-state index >= 15 is 0 Å². The molecule has 27 heavy (non-hydrogen) atoms. The highest BCUT2D eigenvalue weighted by molar-refractivity contribution is 6.04. The predicted octanol–water partition coefficient (Wildman–Crippen LogP) is 5.75. The summed E-state index contributed by atoms with van der Waals surface area (Å²) in [5.74, 6) is 1.76. The minimum Gasteiger partial charge on any atom is -0.457 e. The van der Waals surface area contributed by atoms with E-state index < -0.39 is 0 Å². The first-order valence-electron chi connectivity index (χ1n) is 8.98. The first-order valence-corrected chi connectivity index (χ1v) is 8.98. The Balaban J connectivity index is 1.73. The number of benzene rings is 3. The van der Waals surface area contributed by atoms with Crippen LogP contribution in [0.4, 0.5) is 11.4 Å². The molecule has 0 fully saturated rings. The van der Waals surface area contributed by atoms with E-state index in [1.165, 1.54) is 5.56 Å². The summed E-state index contributed by atoms with van der Waals surface area (Å²) in [7, 11) is 0. The van der Waals surface area contributed by atoms with Crippen LogP contribution in [0.3, 0.4) is 0 Å². The first kappa shape index (κ1) is 18.5. The van der Waals surface area contributed by atoms with Gasteiger partial charge >= 0.3 is 0 Å². The molecule has 0 saturated carbocycles. The topological polar surface area (TPSA) is 64.3 Å². The second-order valence-corrected chi connectivity index (χ2v) is 6.90. The van der Waals surface area contributed by atoms with E-state index in [0.717, 1.165) is 17.1 Å². The summed E-state index contributed by atoms with van der Waals surface area (Å²) in [6.45, 7) is 6.34. The van der Waals surface area contributed by atoms with Crippen LogP contribution in [-0.4, -0.2) is 5.91 Å². The lowest BCUT2D eigenvalue weighted by Gasteiger charge is -2.15. The maximum atomic E-state index is 12.3. The Morgan fingerprint density at radius 3 is 2.41 bits per heavy atom. The van der Waals surface area contributed by atoms with Crippen LogP contribution < -0.4 is 15.8 Å². The molecule has 4 nitrogen and oxygen atoms in total. The average molecular weight is 360 g/mol. The fourth-order valence-electron chi connectivity index (χ4n) is 2.82. The monoisotopic (exact) mass is 360 g/mol. The summed E-state index contributed by atoms with van der Waals surface area (Å²) in [5.41, 5.74) is 9.83. The van der Waals surface area contributed by atoms with Gasteiger partial charge in [0, 0.05) is 16.9 Å². The van der Waals surface area contributed by atoms with E-state index in [-0.39, 0.29) is 5.91 Å². The van der Waals surface area contributed by atoms with Crippen LogP contribution in [0.5, 0.6) is 11.5 Å². The van der Waals surface area contributed by atoms with Crippen molar-refractivity contribution in [2.45, 2.75) is 26.7 Å². The molecular weight excluding hydrogens is 336 g/mol. The molecule has 0 heterocycles. The van der Waals surface area contributed by atoms with E-state index in [4.69, 9.17) is 10.5 Å². The third-order valence-electron chi connectivity index (χ3n) is 4.28. The number of nitrogens with two attached hydrogens (primary N) is 1. The van der Waals surface area contributed by atoms with Gasteiger partial charge < -0.3 is 15.8 Å². The molecule has 3 aromatic rings. The Labute approximate surface area is 160 Å². The summed E-state index contributed by atoms with van der Waals surface area (Å²) in [5, 5.41) is 2.87. The van der Waals surface area contributed by atoms with E-state index in [1.54, 1.807) is 24.3 Å². The SMILES string of the molecule is Cc1ccc(C(C)C)c(Oc2ccc(NC(=O)c3cccc(N)c3)cc2)c1. The number of hydrogen-bond acceptors (Lipinski definition) is 3. The molecule has 4 heteroatoms. The normalized spacial score (nSPS) is 10.7. The van der Waals surface area contributed by atoms with Gasteiger partial charge in [-0.15, -0.1) is 0 Å². The second kappa shape index (κ2) is 7.96. The minimum atomic E-state index is -0.197. The van der Waals surface area contributed by atoms with E-state index in [0.29, 0.717) is 22.9 Å². The van der Waals surface area contributed by atoms with Gasteiger partial charge in [-0.3, -0.25) is 4.79 Å². The van der Waals surface area contributed by atoms with Crippen molar-refractivity contribution in [1.82, 2.24) is 0 Å². The van der Waals surface area contributed by atoms with Crippen LogP contribution in [0, 0.1) is 6.92 Å². The minimum absolute atomic E-state index is 0.197. The molecule has 0 saturated heterocycles. The van der Waals surface area contributed by atoms with Gasteiger partial charge in [-0.25, -0.2) is 0 Å². The number of aryl methyl sites for hydroxylation is 1. The number of anilines is 2. The molecule has 0 aliphatic carbocycles. The lowest BCUT2D eigenvalue weighted by Crippen LogP contribution is -2.11. The molecule has 0 spiro atoms. The smallest absolute Gasteiger partial charge is 0.255 e. The Bertz CT molecular complexity index is 947. The van der Waals surface area contributed by atoms with E-state index in [1.807, 2.05) is 37.3 Å². The highest BCUT2D eigenvalue weighted by Crippen LogP contribution is 2.32. The summed E-state index contributed by atoms with van der Waals surface area (Å²) >= 11 is 0. The number of hydrogen-bond donors (Lipinski definition) is 2. The molecule has 0 unspecified atom stereocenters. The summed E-state index contributed by atoms with van der Waals surface area (Å²) in [6, 6.07) is 20.5. The van der Waals surface area contributed by atoms with Gasteiger partial charge in [0.05, 0.1) is 0 Å². The standard InChI is InChI=1S/C23H24N2O2/c1-15(2)21-12-7-16(3)13-22(21)27-20-10-8-19(9-11-20)25-23(26)17-5-4-6-18(24)14-17/h4-15H,24H2,1-3H3,(H,25,26). The average Bonchev–Trinajstić information content (AvgIpc) is 2.63. The van der Waals surface area contributed by atoms with Crippen LogP contribution in [0.25, 0.3) is 0 Å². The molecule has 3 N–H and O–H groups in total. The van der Waals surface area contributed by atoms with Crippen molar-refractivity contribution >= 4 is 17.3 Å². The molecule has 0 aliphatic rings. The number of carbonyl (C=O) groups is 1. The highest BCUT2D eigenvalue weighted by atomic mass is 16.5. The number of rotatable bonds is 5. The molecular formula is C23H24N2O2. The number of carbonyl (C=O) groups excluding carboxylic acids is 1. The molecule has 3 rings (SSSR count). The van der Waals surface area contributed by atoms with Crippen molar-refractivity contribution in [3.05, 3.63) is 83.4 Å². The number of nitrogens with one attached hydrogen (secondary N) is 1. The van der Waals surface area contributed by atoms with Crippen LogP contribution in [0.15, 0.2) is 66.7 Å². The number of nitrogen functional groups attached to an aromatic ring is 1. The Morgan fingerprint density at radius 1 is 1.00 bits per heavy atom. The van der Waals surface area contributed by atoms with Gasteiger partial charge in [-0.2, -0.15) is 0 Å². The quantitative estimate of drug-likeness (QED) is 0.570. The van der Waals surface area contributed by atoms with Crippen molar-refractivity contribution < 1.29 is 9.53 Å².